The maximum Gasteiger partial charge on any atom is 0.257 e. The first-order chi connectivity index (χ1) is 16.0. The molecule has 3 rings (SSSR count). The Hall–Kier alpha value is -3.71. The second kappa shape index (κ2) is 11.8. The number of hydrogen-bond acceptors (Lipinski definition) is 5. The quantitative estimate of drug-likeness (QED) is 0.450. The van der Waals surface area contributed by atoms with Gasteiger partial charge in [0.25, 0.3) is 11.8 Å². The first kappa shape index (κ1) is 23.9. The molecule has 0 saturated heterocycles. The van der Waals surface area contributed by atoms with Crippen LogP contribution in [0.25, 0.3) is 0 Å². The molecule has 3 aromatic rings. The summed E-state index contributed by atoms with van der Waals surface area (Å²) in [5.41, 5.74) is 1.90. The molecule has 8 heteroatoms. The van der Waals surface area contributed by atoms with Gasteiger partial charge in [-0.1, -0.05) is 29.8 Å². The van der Waals surface area contributed by atoms with Crippen molar-refractivity contribution in [2.24, 2.45) is 0 Å². The molecule has 0 fully saturated rings. The molecule has 0 radical (unpaired) electrons. The Labute approximate surface area is 197 Å². The molecule has 2 N–H and O–H groups in total. The topological polar surface area (TPSA) is 85.9 Å². The highest BCUT2D eigenvalue weighted by Crippen LogP contribution is 2.29. The second-order valence-corrected chi connectivity index (χ2v) is 7.44. The Morgan fingerprint density at radius 1 is 0.939 bits per heavy atom. The Kier molecular flexibility index (Phi) is 8.55. The molecule has 0 aliphatic carbocycles. The number of likely N-dealkylation sites (N-methyl/N-ethyl adjacent to an activating group) is 1. The Bertz CT molecular complexity index is 1100. The number of benzene rings is 3. The third kappa shape index (κ3) is 7.15. The van der Waals surface area contributed by atoms with Crippen LogP contribution >= 0.6 is 11.6 Å². The minimum Gasteiger partial charge on any atom is -0.493 e. The molecule has 0 heterocycles. The SMILES string of the molecule is CCNC(=O)COc1cccc(NC(=O)c2ccc(OCc3ccc(Cl)cc3)c(OC)c2)c1. The standard InChI is InChI=1S/C25H25ClN2O5/c1-3-27-24(29)16-32-21-6-4-5-20(14-21)28-25(30)18-9-12-22(23(13-18)31-2)33-15-17-7-10-19(26)11-8-17/h4-14H,3,15-16H2,1-2H3,(H,27,29)(H,28,30). The van der Waals surface area contributed by atoms with Crippen LogP contribution in [0.2, 0.25) is 5.02 Å². The molecule has 0 aliphatic rings. The van der Waals surface area contributed by atoms with Crippen LogP contribution in [-0.2, 0) is 11.4 Å². The van der Waals surface area contributed by atoms with Gasteiger partial charge in [0.2, 0.25) is 0 Å². The van der Waals surface area contributed by atoms with Gasteiger partial charge < -0.3 is 24.8 Å². The molecule has 2 amide bonds. The van der Waals surface area contributed by atoms with Crippen LogP contribution in [0.5, 0.6) is 17.2 Å². The average Bonchev–Trinajstić information content (AvgIpc) is 2.82. The zero-order valence-corrected chi connectivity index (χ0v) is 19.1. The minimum absolute atomic E-state index is 0.0973. The van der Waals surface area contributed by atoms with E-state index in [1.807, 2.05) is 19.1 Å². The number of amides is 2. The van der Waals surface area contributed by atoms with Crippen molar-refractivity contribution in [1.82, 2.24) is 5.32 Å². The van der Waals surface area contributed by atoms with Gasteiger partial charge in [0.05, 0.1) is 7.11 Å². The molecule has 33 heavy (non-hydrogen) atoms. The number of nitrogens with one attached hydrogen (secondary N) is 2. The van der Waals surface area contributed by atoms with Gasteiger partial charge in [-0.05, 0) is 55.0 Å². The van der Waals surface area contributed by atoms with Gasteiger partial charge in [0.15, 0.2) is 18.1 Å². The smallest absolute Gasteiger partial charge is 0.257 e. The summed E-state index contributed by atoms with van der Waals surface area (Å²) in [4.78, 5) is 24.3. The lowest BCUT2D eigenvalue weighted by molar-refractivity contribution is -0.122. The van der Waals surface area contributed by atoms with E-state index in [9.17, 15) is 9.59 Å². The van der Waals surface area contributed by atoms with Gasteiger partial charge in [-0.15, -0.1) is 0 Å². The van der Waals surface area contributed by atoms with Crippen LogP contribution in [0.15, 0.2) is 66.7 Å². The number of methoxy groups -OCH3 is 1. The summed E-state index contributed by atoms with van der Waals surface area (Å²) in [6, 6.07) is 19.1. The van der Waals surface area contributed by atoms with E-state index in [1.54, 1.807) is 54.6 Å². The van der Waals surface area contributed by atoms with Crippen LogP contribution in [-0.4, -0.2) is 32.1 Å². The van der Waals surface area contributed by atoms with Crippen LogP contribution in [0.4, 0.5) is 5.69 Å². The Morgan fingerprint density at radius 3 is 2.45 bits per heavy atom. The highest BCUT2D eigenvalue weighted by molar-refractivity contribution is 6.30. The predicted molar refractivity (Wildman–Crippen MR) is 127 cm³/mol. The number of ether oxygens (including phenoxy) is 3. The second-order valence-electron chi connectivity index (χ2n) is 7.00. The highest BCUT2D eigenvalue weighted by atomic mass is 35.5. The van der Waals surface area contributed by atoms with Crippen molar-refractivity contribution >= 4 is 29.1 Å². The fraction of sp³-hybridized carbons (Fsp3) is 0.200. The number of rotatable bonds is 10. The van der Waals surface area contributed by atoms with E-state index < -0.39 is 0 Å². The monoisotopic (exact) mass is 468 g/mol. The number of hydrogen-bond donors (Lipinski definition) is 2. The maximum atomic E-state index is 12.7. The molecule has 0 aliphatic heterocycles. The lowest BCUT2D eigenvalue weighted by Gasteiger charge is -2.13. The van der Waals surface area contributed by atoms with Gasteiger partial charge in [-0.25, -0.2) is 0 Å². The first-order valence-electron chi connectivity index (χ1n) is 10.3. The normalized spacial score (nSPS) is 10.3. The van der Waals surface area contributed by atoms with Crippen molar-refractivity contribution in [3.8, 4) is 17.2 Å². The van der Waals surface area contributed by atoms with E-state index in [-0.39, 0.29) is 18.4 Å². The van der Waals surface area contributed by atoms with Crippen molar-refractivity contribution in [3.05, 3.63) is 82.9 Å². The Balaban J connectivity index is 1.63. The fourth-order valence-corrected chi connectivity index (χ4v) is 3.06. The molecule has 0 aromatic heterocycles. The van der Waals surface area contributed by atoms with Gasteiger partial charge in [0.1, 0.15) is 12.4 Å². The van der Waals surface area contributed by atoms with Crippen molar-refractivity contribution in [1.29, 1.82) is 0 Å². The largest absolute Gasteiger partial charge is 0.493 e. The predicted octanol–water partition coefficient (Wildman–Crippen LogP) is 4.69. The van der Waals surface area contributed by atoms with Crippen molar-refractivity contribution < 1.29 is 23.8 Å². The zero-order valence-electron chi connectivity index (χ0n) is 18.4. The summed E-state index contributed by atoms with van der Waals surface area (Å²) in [6.45, 7) is 2.61. The van der Waals surface area contributed by atoms with E-state index in [0.29, 0.717) is 46.7 Å². The summed E-state index contributed by atoms with van der Waals surface area (Å²) >= 11 is 5.91. The van der Waals surface area contributed by atoms with Crippen molar-refractivity contribution in [2.45, 2.75) is 13.5 Å². The number of halogens is 1. The summed E-state index contributed by atoms with van der Waals surface area (Å²) in [7, 11) is 1.52. The van der Waals surface area contributed by atoms with Crippen LogP contribution in [0.1, 0.15) is 22.8 Å². The van der Waals surface area contributed by atoms with Gasteiger partial charge in [0, 0.05) is 28.9 Å². The summed E-state index contributed by atoms with van der Waals surface area (Å²) in [5.74, 6) is 0.902. The van der Waals surface area contributed by atoms with Gasteiger partial charge in [-0.3, -0.25) is 9.59 Å². The number of anilines is 1. The lowest BCUT2D eigenvalue weighted by Crippen LogP contribution is -2.28. The van der Waals surface area contributed by atoms with Crippen molar-refractivity contribution in [3.63, 3.8) is 0 Å². The number of carbonyl (C=O) groups excluding carboxylic acids is 2. The summed E-state index contributed by atoms with van der Waals surface area (Å²) in [6.07, 6.45) is 0. The third-order valence-corrected chi connectivity index (χ3v) is 4.82. The fourth-order valence-electron chi connectivity index (χ4n) is 2.93. The molecule has 7 nitrogen and oxygen atoms in total. The molecule has 0 saturated carbocycles. The van der Waals surface area contributed by atoms with Crippen LogP contribution < -0.4 is 24.8 Å². The third-order valence-electron chi connectivity index (χ3n) is 4.57. The van der Waals surface area contributed by atoms with E-state index in [1.165, 1.54) is 7.11 Å². The van der Waals surface area contributed by atoms with E-state index >= 15 is 0 Å². The maximum absolute atomic E-state index is 12.7. The first-order valence-corrected chi connectivity index (χ1v) is 10.7. The molecule has 0 bridgehead atoms. The molecule has 3 aromatic carbocycles. The average molecular weight is 469 g/mol. The summed E-state index contributed by atoms with van der Waals surface area (Å²) in [5, 5.41) is 6.13. The molecule has 0 spiro atoms. The molecule has 172 valence electrons. The molecular formula is C25H25ClN2O5. The summed E-state index contributed by atoms with van der Waals surface area (Å²) < 4.78 is 16.7. The Morgan fingerprint density at radius 2 is 1.73 bits per heavy atom. The van der Waals surface area contributed by atoms with Gasteiger partial charge >= 0.3 is 0 Å². The van der Waals surface area contributed by atoms with E-state index in [4.69, 9.17) is 25.8 Å². The molecular weight excluding hydrogens is 444 g/mol. The van der Waals surface area contributed by atoms with E-state index in [0.717, 1.165) is 5.56 Å². The van der Waals surface area contributed by atoms with Crippen molar-refractivity contribution in [2.75, 3.05) is 25.6 Å². The molecule has 0 unspecified atom stereocenters. The highest BCUT2D eigenvalue weighted by Gasteiger charge is 2.12. The van der Waals surface area contributed by atoms with E-state index in [2.05, 4.69) is 10.6 Å². The molecule has 0 atom stereocenters. The zero-order chi connectivity index (χ0) is 23.6. The lowest BCUT2D eigenvalue weighted by atomic mass is 10.1. The number of carbonyl (C=O) groups is 2. The minimum atomic E-state index is -0.321. The van der Waals surface area contributed by atoms with Crippen LogP contribution in [0, 0.1) is 0 Å². The van der Waals surface area contributed by atoms with Gasteiger partial charge in [-0.2, -0.15) is 0 Å². The van der Waals surface area contributed by atoms with Crippen LogP contribution in [0.3, 0.4) is 0 Å².